The van der Waals surface area contributed by atoms with E-state index in [1.54, 1.807) is 42.5 Å². The summed E-state index contributed by atoms with van der Waals surface area (Å²) in [6.45, 7) is 1.51. The Balaban J connectivity index is 1.65. The van der Waals surface area contributed by atoms with E-state index >= 15 is 0 Å². The second-order valence-corrected chi connectivity index (χ2v) is 6.23. The zero-order chi connectivity index (χ0) is 19.7. The summed E-state index contributed by atoms with van der Waals surface area (Å²) in [7, 11) is 0. The lowest BCUT2D eigenvalue weighted by molar-refractivity contribution is -0.114. The third-order valence-corrected chi connectivity index (χ3v) is 4.14. The SMILES string of the molecule is CC(=O)Nc1ccc2c(COc3ccc4ccc(=O)oc4c3)cc(=O)oc2c1. The van der Waals surface area contributed by atoms with Crippen molar-refractivity contribution >= 4 is 33.5 Å². The first kappa shape index (κ1) is 17.5. The van der Waals surface area contributed by atoms with Gasteiger partial charge >= 0.3 is 11.3 Å². The average Bonchev–Trinajstić information content (AvgIpc) is 2.64. The average molecular weight is 377 g/mol. The number of hydrogen-bond acceptors (Lipinski definition) is 6. The summed E-state index contributed by atoms with van der Waals surface area (Å²) >= 11 is 0. The van der Waals surface area contributed by atoms with Gasteiger partial charge in [0.15, 0.2) is 0 Å². The van der Waals surface area contributed by atoms with E-state index in [1.165, 1.54) is 19.1 Å². The molecule has 2 aromatic carbocycles. The Morgan fingerprint density at radius 3 is 2.54 bits per heavy atom. The molecule has 0 aliphatic heterocycles. The Labute approximate surface area is 158 Å². The molecule has 1 amide bonds. The minimum atomic E-state index is -0.518. The fourth-order valence-corrected chi connectivity index (χ4v) is 2.92. The number of nitrogens with one attached hydrogen (secondary N) is 1. The first-order valence-electron chi connectivity index (χ1n) is 8.49. The van der Waals surface area contributed by atoms with Crippen molar-refractivity contribution in [3.8, 4) is 5.75 Å². The normalized spacial score (nSPS) is 10.9. The van der Waals surface area contributed by atoms with E-state index in [-0.39, 0.29) is 12.5 Å². The molecule has 140 valence electrons. The number of hydrogen-bond donors (Lipinski definition) is 1. The molecule has 0 spiro atoms. The Hall–Kier alpha value is -3.87. The molecule has 0 aliphatic carbocycles. The minimum Gasteiger partial charge on any atom is -0.489 e. The molecule has 28 heavy (non-hydrogen) atoms. The van der Waals surface area contributed by atoms with Crippen LogP contribution in [0.1, 0.15) is 12.5 Å². The topological polar surface area (TPSA) is 98.7 Å². The summed E-state index contributed by atoms with van der Waals surface area (Å²) in [5, 5.41) is 4.12. The summed E-state index contributed by atoms with van der Waals surface area (Å²) in [6, 6.07) is 14.6. The Kier molecular flexibility index (Phi) is 4.41. The van der Waals surface area contributed by atoms with Crippen molar-refractivity contribution in [2.45, 2.75) is 13.5 Å². The van der Waals surface area contributed by atoms with Gasteiger partial charge < -0.3 is 18.9 Å². The van der Waals surface area contributed by atoms with Gasteiger partial charge in [-0.05, 0) is 30.3 Å². The lowest BCUT2D eigenvalue weighted by Gasteiger charge is -2.10. The number of carbonyl (C=O) groups excluding carboxylic acids is 1. The second kappa shape index (κ2) is 7.03. The van der Waals surface area contributed by atoms with Crippen LogP contribution in [0, 0.1) is 0 Å². The third-order valence-electron chi connectivity index (χ3n) is 4.14. The highest BCUT2D eigenvalue weighted by atomic mass is 16.5. The maximum absolute atomic E-state index is 11.9. The highest BCUT2D eigenvalue weighted by Gasteiger charge is 2.09. The van der Waals surface area contributed by atoms with Crippen LogP contribution in [0.4, 0.5) is 5.69 Å². The molecule has 0 bridgehead atoms. The van der Waals surface area contributed by atoms with Crippen molar-refractivity contribution in [2.24, 2.45) is 0 Å². The summed E-state index contributed by atoms with van der Waals surface area (Å²) in [4.78, 5) is 34.5. The largest absolute Gasteiger partial charge is 0.489 e. The molecule has 0 saturated carbocycles. The molecule has 2 heterocycles. The van der Waals surface area contributed by atoms with Crippen LogP contribution in [0.5, 0.6) is 5.75 Å². The monoisotopic (exact) mass is 377 g/mol. The summed E-state index contributed by atoms with van der Waals surface area (Å²) in [5.41, 5.74) is 0.979. The number of ether oxygens (including phenoxy) is 1. The van der Waals surface area contributed by atoms with Gasteiger partial charge in [-0.15, -0.1) is 0 Å². The van der Waals surface area contributed by atoms with Crippen molar-refractivity contribution in [3.05, 3.63) is 81.0 Å². The number of amides is 1. The van der Waals surface area contributed by atoms with Crippen LogP contribution in [0.2, 0.25) is 0 Å². The minimum absolute atomic E-state index is 0.115. The first-order valence-corrected chi connectivity index (χ1v) is 8.49. The highest BCUT2D eigenvalue weighted by molar-refractivity contribution is 5.92. The van der Waals surface area contributed by atoms with Gasteiger partial charge in [-0.2, -0.15) is 0 Å². The molecule has 1 N–H and O–H groups in total. The highest BCUT2D eigenvalue weighted by Crippen LogP contribution is 2.24. The molecule has 0 atom stereocenters. The number of benzene rings is 2. The third kappa shape index (κ3) is 3.64. The van der Waals surface area contributed by atoms with Crippen molar-refractivity contribution < 1.29 is 18.4 Å². The van der Waals surface area contributed by atoms with Crippen LogP contribution >= 0.6 is 0 Å². The van der Waals surface area contributed by atoms with Crippen molar-refractivity contribution in [2.75, 3.05) is 5.32 Å². The molecule has 0 saturated heterocycles. The predicted octanol–water partition coefficient (Wildman–Crippen LogP) is 3.44. The van der Waals surface area contributed by atoms with E-state index in [2.05, 4.69) is 5.32 Å². The van der Waals surface area contributed by atoms with Crippen LogP contribution in [0.3, 0.4) is 0 Å². The van der Waals surface area contributed by atoms with Crippen molar-refractivity contribution in [1.82, 2.24) is 0 Å². The summed E-state index contributed by atoms with van der Waals surface area (Å²) in [6.07, 6.45) is 0. The maximum atomic E-state index is 11.9. The lowest BCUT2D eigenvalue weighted by Crippen LogP contribution is -2.07. The van der Waals surface area contributed by atoms with Gasteiger partial charge in [-0.1, -0.05) is 0 Å². The van der Waals surface area contributed by atoms with Crippen LogP contribution in [0.15, 0.2) is 73.0 Å². The van der Waals surface area contributed by atoms with Crippen molar-refractivity contribution in [1.29, 1.82) is 0 Å². The fraction of sp³-hybridized carbons (Fsp3) is 0.0952. The van der Waals surface area contributed by atoms with Crippen molar-refractivity contribution in [3.63, 3.8) is 0 Å². The zero-order valence-electron chi connectivity index (χ0n) is 14.9. The van der Waals surface area contributed by atoms with Crippen LogP contribution in [-0.2, 0) is 11.4 Å². The Bertz CT molecular complexity index is 1320. The van der Waals surface area contributed by atoms with Gasteiger partial charge in [-0.3, -0.25) is 4.79 Å². The van der Waals surface area contributed by atoms with E-state index < -0.39 is 11.3 Å². The molecule has 0 radical (unpaired) electrons. The summed E-state index contributed by atoms with van der Waals surface area (Å²) in [5.74, 6) is 0.280. The zero-order valence-corrected chi connectivity index (χ0v) is 14.9. The summed E-state index contributed by atoms with van der Waals surface area (Å²) < 4.78 is 16.2. The first-order chi connectivity index (χ1) is 13.5. The smallest absolute Gasteiger partial charge is 0.336 e. The van der Waals surface area contributed by atoms with Gasteiger partial charge in [0, 0.05) is 53.2 Å². The molecular formula is C21H15NO6. The molecule has 7 heteroatoms. The quantitative estimate of drug-likeness (QED) is 0.547. The Morgan fingerprint density at radius 1 is 0.929 bits per heavy atom. The molecule has 0 fully saturated rings. The van der Waals surface area contributed by atoms with Gasteiger partial charge in [0.05, 0.1) is 0 Å². The van der Waals surface area contributed by atoms with E-state index in [1.807, 2.05) is 0 Å². The fourth-order valence-electron chi connectivity index (χ4n) is 2.92. The molecule has 4 rings (SSSR count). The van der Waals surface area contributed by atoms with Gasteiger partial charge in [0.1, 0.15) is 23.5 Å². The number of rotatable bonds is 4. The van der Waals surface area contributed by atoms with E-state index in [0.29, 0.717) is 33.6 Å². The number of carbonyl (C=O) groups is 1. The predicted molar refractivity (Wildman–Crippen MR) is 104 cm³/mol. The Morgan fingerprint density at radius 2 is 1.71 bits per heavy atom. The molecular weight excluding hydrogens is 362 g/mol. The van der Waals surface area contributed by atoms with Crippen LogP contribution in [-0.4, -0.2) is 5.91 Å². The number of anilines is 1. The molecule has 7 nitrogen and oxygen atoms in total. The standard InChI is InChI=1S/C21H15NO6/c1-12(23)22-15-4-6-17-14(8-21(25)28-19(17)9-15)11-26-16-5-2-13-3-7-20(24)27-18(13)10-16/h2-10H,11H2,1H3,(H,22,23). The van der Waals surface area contributed by atoms with Crippen LogP contribution < -0.4 is 21.3 Å². The van der Waals surface area contributed by atoms with E-state index in [4.69, 9.17) is 13.6 Å². The lowest BCUT2D eigenvalue weighted by atomic mass is 10.1. The maximum Gasteiger partial charge on any atom is 0.336 e. The van der Waals surface area contributed by atoms with Gasteiger partial charge in [0.25, 0.3) is 0 Å². The molecule has 0 unspecified atom stereocenters. The molecule has 0 aliphatic rings. The van der Waals surface area contributed by atoms with E-state index in [0.717, 1.165) is 5.39 Å². The van der Waals surface area contributed by atoms with Gasteiger partial charge in [-0.25, -0.2) is 9.59 Å². The molecule has 4 aromatic rings. The van der Waals surface area contributed by atoms with Gasteiger partial charge in [0.2, 0.25) is 5.91 Å². The number of fused-ring (bicyclic) bond motifs is 2. The second-order valence-electron chi connectivity index (χ2n) is 6.23. The molecule has 2 aromatic heterocycles. The van der Waals surface area contributed by atoms with Crippen LogP contribution in [0.25, 0.3) is 21.9 Å². The van der Waals surface area contributed by atoms with E-state index in [9.17, 15) is 14.4 Å².